The van der Waals surface area contributed by atoms with E-state index in [2.05, 4.69) is 24.9 Å². The zero-order valence-corrected chi connectivity index (χ0v) is 20.3. The lowest BCUT2D eigenvalue weighted by molar-refractivity contribution is -0.164. The molecule has 0 saturated heterocycles. The van der Waals surface area contributed by atoms with Crippen LogP contribution in [0.15, 0.2) is 46.2 Å². The maximum absolute atomic E-state index is 14.9. The number of rotatable bonds is 8. The topological polar surface area (TPSA) is 141 Å². The quantitative estimate of drug-likeness (QED) is 0.288. The predicted molar refractivity (Wildman–Crippen MR) is 122 cm³/mol. The van der Waals surface area contributed by atoms with Gasteiger partial charge < -0.3 is 23.8 Å². The molecule has 0 radical (unpaired) electrons. The zero-order valence-electron chi connectivity index (χ0n) is 20.3. The summed E-state index contributed by atoms with van der Waals surface area (Å²) in [5.41, 5.74) is -1.93. The van der Waals surface area contributed by atoms with E-state index >= 15 is 0 Å². The summed E-state index contributed by atoms with van der Waals surface area (Å²) in [5, 5.41) is 14.4. The lowest BCUT2D eigenvalue weighted by Crippen LogP contribution is -2.48. The van der Waals surface area contributed by atoms with E-state index in [9.17, 15) is 31.1 Å². The van der Waals surface area contributed by atoms with Gasteiger partial charge in [-0.05, 0) is 25.1 Å². The smallest absolute Gasteiger partial charge is 0.412 e. The number of halogens is 6. The summed E-state index contributed by atoms with van der Waals surface area (Å²) >= 11 is 0. The molecule has 1 aliphatic rings. The monoisotopic (exact) mass is 575 g/mol. The Balaban J connectivity index is 1.56. The van der Waals surface area contributed by atoms with Gasteiger partial charge in [0.15, 0.2) is 29.1 Å². The molecule has 2 aromatic heterocycles. The molecule has 0 unspecified atom stereocenters. The van der Waals surface area contributed by atoms with Crippen molar-refractivity contribution in [3.8, 4) is 28.6 Å². The summed E-state index contributed by atoms with van der Waals surface area (Å²) in [6.07, 6.45) is -4.88. The van der Waals surface area contributed by atoms with Crippen molar-refractivity contribution in [3.05, 3.63) is 48.0 Å². The Labute approximate surface area is 220 Å². The van der Waals surface area contributed by atoms with Gasteiger partial charge in [-0.3, -0.25) is 0 Å². The van der Waals surface area contributed by atoms with Crippen molar-refractivity contribution in [2.75, 3.05) is 13.2 Å². The lowest BCUT2D eigenvalue weighted by atomic mass is 9.86. The van der Waals surface area contributed by atoms with Crippen LogP contribution in [0.4, 0.5) is 31.1 Å². The van der Waals surface area contributed by atoms with E-state index in [0.717, 1.165) is 6.07 Å². The fourth-order valence-electron chi connectivity index (χ4n) is 3.76. The number of hydrogen-bond acceptors (Lipinski definition) is 9. The van der Waals surface area contributed by atoms with Gasteiger partial charge in [0.2, 0.25) is 0 Å². The first-order valence-electron chi connectivity index (χ1n) is 11.3. The molecular weight excluding hydrogens is 556 g/mol. The average Bonchev–Trinajstić information content (AvgIpc) is 3.36. The number of nitrogens with one attached hydrogen (secondary N) is 1. The Hall–Kier alpha value is -4.41. The van der Waals surface area contributed by atoms with Crippen molar-refractivity contribution in [1.29, 1.82) is 0 Å². The van der Waals surface area contributed by atoms with Crippen molar-refractivity contribution in [3.63, 3.8) is 0 Å². The Morgan fingerprint density at radius 1 is 1.23 bits per heavy atom. The first-order valence-corrected chi connectivity index (χ1v) is 11.3. The number of amidine groups is 1. The molecule has 0 fully saturated rings. The van der Waals surface area contributed by atoms with Crippen molar-refractivity contribution in [2.24, 2.45) is 4.99 Å². The number of carboxylic acid groups (broad SMARTS) is 1. The van der Waals surface area contributed by atoms with Gasteiger partial charge in [-0.15, -0.1) is 0 Å². The fourth-order valence-corrected chi connectivity index (χ4v) is 3.76. The Bertz CT molecular complexity index is 1380. The molecule has 4 rings (SSSR count). The van der Waals surface area contributed by atoms with Crippen LogP contribution in [-0.2, 0) is 15.1 Å². The van der Waals surface area contributed by atoms with Crippen LogP contribution in [0.25, 0.3) is 22.8 Å². The van der Waals surface area contributed by atoms with Gasteiger partial charge in [-0.25, -0.2) is 29.5 Å². The molecule has 2 atom stereocenters. The second-order valence-electron chi connectivity index (χ2n) is 8.45. The molecule has 11 nitrogen and oxygen atoms in total. The maximum atomic E-state index is 14.9. The first kappa shape index (κ1) is 28.6. The molecule has 214 valence electrons. The SMILES string of the molecule is C[C@@]1(c2cc(-c3cc(-c4ncc(OCCOC(F)F)cn4)no3)ccc2F)C[C@@H](C(F)(F)F)N=C(NC(=O)O)O1. The van der Waals surface area contributed by atoms with Crippen LogP contribution in [0.5, 0.6) is 5.75 Å². The Morgan fingerprint density at radius 2 is 1.95 bits per heavy atom. The van der Waals surface area contributed by atoms with Gasteiger partial charge in [0.25, 0.3) is 6.02 Å². The molecule has 0 spiro atoms. The van der Waals surface area contributed by atoms with Crippen molar-refractivity contribution in [2.45, 2.75) is 37.8 Å². The maximum Gasteiger partial charge on any atom is 0.412 e. The summed E-state index contributed by atoms with van der Waals surface area (Å²) in [6, 6.07) is 1.57. The van der Waals surface area contributed by atoms with Crippen LogP contribution in [-0.4, -0.2) is 64.4 Å². The largest absolute Gasteiger partial charge is 0.488 e. The summed E-state index contributed by atoms with van der Waals surface area (Å²) in [7, 11) is 0. The van der Waals surface area contributed by atoms with Gasteiger partial charge in [-0.2, -0.15) is 22.0 Å². The summed E-state index contributed by atoms with van der Waals surface area (Å²) in [5.74, 6) is -0.577. The highest BCUT2D eigenvalue weighted by Gasteiger charge is 2.50. The Morgan fingerprint density at radius 3 is 2.60 bits per heavy atom. The third kappa shape index (κ3) is 6.77. The highest BCUT2D eigenvalue weighted by atomic mass is 19.4. The second kappa shape index (κ2) is 11.4. The minimum absolute atomic E-state index is 0.0775. The fraction of sp³-hybridized carbons (Fsp3) is 0.348. The number of carbonyl (C=O) groups is 1. The molecule has 1 aromatic carbocycles. The molecule has 3 heterocycles. The number of amides is 1. The lowest BCUT2D eigenvalue weighted by Gasteiger charge is -2.38. The van der Waals surface area contributed by atoms with Crippen molar-refractivity contribution >= 4 is 12.1 Å². The minimum atomic E-state index is -4.86. The summed E-state index contributed by atoms with van der Waals surface area (Å²) in [6.45, 7) is -2.26. The first-order chi connectivity index (χ1) is 18.8. The zero-order chi connectivity index (χ0) is 29.1. The molecular formula is C23H19F6N5O6. The number of aliphatic imine (C=N–C) groups is 1. The number of alkyl halides is 5. The van der Waals surface area contributed by atoms with E-state index in [1.165, 1.54) is 37.5 Å². The van der Waals surface area contributed by atoms with Gasteiger partial charge in [0.1, 0.15) is 18.0 Å². The normalized spacial score (nSPS) is 19.2. The Kier molecular flexibility index (Phi) is 8.13. The molecule has 0 aliphatic carbocycles. The third-order valence-electron chi connectivity index (χ3n) is 5.55. The summed E-state index contributed by atoms with van der Waals surface area (Å²) < 4.78 is 99.5. The molecule has 2 N–H and O–H groups in total. The van der Waals surface area contributed by atoms with Crippen LogP contribution >= 0.6 is 0 Å². The minimum Gasteiger partial charge on any atom is -0.488 e. The summed E-state index contributed by atoms with van der Waals surface area (Å²) in [4.78, 5) is 22.4. The van der Waals surface area contributed by atoms with Crippen LogP contribution in [0, 0.1) is 5.82 Å². The average molecular weight is 575 g/mol. The van der Waals surface area contributed by atoms with Gasteiger partial charge in [-0.1, -0.05) is 5.16 Å². The number of ether oxygens (including phenoxy) is 3. The van der Waals surface area contributed by atoms with Gasteiger partial charge >= 0.3 is 18.9 Å². The van der Waals surface area contributed by atoms with E-state index in [1.807, 2.05) is 0 Å². The number of hydrogen-bond donors (Lipinski definition) is 2. The van der Waals surface area contributed by atoms with Crippen LogP contribution in [0.1, 0.15) is 18.9 Å². The van der Waals surface area contributed by atoms with Gasteiger partial charge in [0.05, 0.1) is 19.0 Å². The van der Waals surface area contributed by atoms with Crippen LogP contribution < -0.4 is 10.1 Å². The molecule has 1 amide bonds. The highest BCUT2D eigenvalue weighted by molar-refractivity contribution is 5.90. The predicted octanol–water partition coefficient (Wildman–Crippen LogP) is 4.75. The van der Waals surface area contributed by atoms with Crippen molar-refractivity contribution in [1.82, 2.24) is 20.4 Å². The van der Waals surface area contributed by atoms with Crippen LogP contribution in [0.2, 0.25) is 0 Å². The van der Waals surface area contributed by atoms with Crippen molar-refractivity contribution < 1.29 is 55.0 Å². The standard InChI is InChI=1S/C23H19F6N5O6/c1-22(8-17(23(27,28)29)32-20(39-22)33-21(35)36)13-6-11(2-3-14(13)24)16-7-15(34-40-16)18-30-9-12(10-31-18)37-4-5-38-19(25)26/h2-3,6-7,9-10,17,19H,4-5,8H2,1H3,(H,32,33)(H,35,36)/t17-,22-/m0/s1. The molecule has 0 bridgehead atoms. The van der Waals surface area contributed by atoms with E-state index < -0.39 is 48.8 Å². The van der Waals surface area contributed by atoms with E-state index in [-0.39, 0.29) is 47.4 Å². The number of nitrogens with zero attached hydrogens (tertiary/aromatic N) is 4. The van der Waals surface area contributed by atoms with E-state index in [1.54, 1.807) is 5.32 Å². The molecule has 40 heavy (non-hydrogen) atoms. The van der Waals surface area contributed by atoms with E-state index in [4.69, 9.17) is 19.1 Å². The van der Waals surface area contributed by atoms with E-state index in [0.29, 0.717) is 0 Å². The second-order valence-corrected chi connectivity index (χ2v) is 8.45. The molecule has 17 heteroatoms. The highest BCUT2D eigenvalue weighted by Crippen LogP contribution is 2.42. The van der Waals surface area contributed by atoms with Gasteiger partial charge in [0, 0.05) is 23.6 Å². The van der Waals surface area contributed by atoms with Crippen LogP contribution in [0.3, 0.4) is 0 Å². The number of benzene rings is 1. The molecule has 0 saturated carbocycles. The molecule has 3 aromatic rings. The third-order valence-corrected chi connectivity index (χ3v) is 5.55. The number of aromatic nitrogens is 3. The molecule has 1 aliphatic heterocycles.